The van der Waals surface area contributed by atoms with Gasteiger partial charge in [-0.25, -0.2) is 8.42 Å². The van der Waals surface area contributed by atoms with Crippen LogP contribution in [0.1, 0.15) is 0 Å². The molecule has 0 saturated heterocycles. The average Bonchev–Trinajstić information content (AvgIpc) is 2.39. The van der Waals surface area contributed by atoms with Gasteiger partial charge in [0.05, 0.1) is 4.90 Å². The van der Waals surface area contributed by atoms with E-state index in [1.807, 2.05) is 0 Å². The van der Waals surface area contributed by atoms with Gasteiger partial charge in [-0.2, -0.15) is 0 Å². The standard InChI is InChI=1S/C12H10BrClN2O2S/c13-9-1-5-11(6-2-9)15-16-19(17,18)12-7-3-10(14)4-8-12/h1-8,15-16H. The molecule has 0 radical (unpaired) electrons. The van der Waals surface area contributed by atoms with Crippen molar-refractivity contribution in [3.05, 3.63) is 58.0 Å². The summed E-state index contributed by atoms with van der Waals surface area (Å²) in [5, 5.41) is 0.486. The van der Waals surface area contributed by atoms with Crippen LogP contribution in [0.4, 0.5) is 5.69 Å². The number of benzene rings is 2. The topological polar surface area (TPSA) is 58.2 Å². The summed E-state index contributed by atoms with van der Waals surface area (Å²) in [6.45, 7) is 0. The molecule has 2 rings (SSSR count). The van der Waals surface area contributed by atoms with Crippen molar-refractivity contribution in [3.63, 3.8) is 0 Å². The third kappa shape index (κ3) is 3.94. The highest BCUT2D eigenvalue weighted by Gasteiger charge is 2.12. The highest BCUT2D eigenvalue weighted by Crippen LogP contribution is 2.16. The molecule has 0 spiro atoms. The van der Waals surface area contributed by atoms with E-state index < -0.39 is 10.0 Å². The Labute approximate surface area is 124 Å². The van der Waals surface area contributed by atoms with Crippen molar-refractivity contribution in [3.8, 4) is 0 Å². The monoisotopic (exact) mass is 360 g/mol. The van der Waals surface area contributed by atoms with E-state index >= 15 is 0 Å². The van der Waals surface area contributed by atoms with Gasteiger partial charge in [0.2, 0.25) is 0 Å². The number of hydrogen-bond donors (Lipinski definition) is 2. The maximum absolute atomic E-state index is 12.0. The first-order chi connectivity index (χ1) is 8.97. The third-order valence-electron chi connectivity index (χ3n) is 2.30. The molecule has 0 aromatic heterocycles. The van der Waals surface area contributed by atoms with E-state index in [4.69, 9.17) is 11.6 Å². The lowest BCUT2D eigenvalue weighted by atomic mass is 10.3. The zero-order chi connectivity index (χ0) is 13.9. The fraction of sp³-hybridized carbons (Fsp3) is 0. The second kappa shape index (κ2) is 5.92. The first kappa shape index (κ1) is 14.3. The van der Waals surface area contributed by atoms with Gasteiger partial charge in [-0.1, -0.05) is 27.5 Å². The van der Waals surface area contributed by atoms with Crippen LogP contribution in [0.3, 0.4) is 0 Å². The molecule has 0 heterocycles. The van der Waals surface area contributed by atoms with Crippen LogP contribution in [0.2, 0.25) is 5.02 Å². The molecule has 0 atom stereocenters. The molecular formula is C12H10BrClN2O2S. The lowest BCUT2D eigenvalue weighted by Gasteiger charge is -2.09. The first-order valence-electron chi connectivity index (χ1n) is 5.26. The van der Waals surface area contributed by atoms with Crippen molar-refractivity contribution in [1.29, 1.82) is 0 Å². The van der Waals surface area contributed by atoms with Gasteiger partial charge in [0.15, 0.2) is 0 Å². The van der Waals surface area contributed by atoms with Crippen LogP contribution in [0.15, 0.2) is 57.9 Å². The number of sulfonamides is 1. The van der Waals surface area contributed by atoms with Crippen LogP contribution in [-0.4, -0.2) is 8.42 Å². The average molecular weight is 362 g/mol. The molecular weight excluding hydrogens is 352 g/mol. The first-order valence-corrected chi connectivity index (χ1v) is 7.92. The molecule has 2 N–H and O–H groups in total. The molecule has 0 unspecified atom stereocenters. The Kier molecular flexibility index (Phi) is 4.46. The summed E-state index contributed by atoms with van der Waals surface area (Å²) < 4.78 is 24.8. The number of nitrogens with one attached hydrogen (secondary N) is 2. The van der Waals surface area contributed by atoms with Crippen molar-refractivity contribution < 1.29 is 8.42 Å². The molecule has 4 nitrogen and oxygen atoms in total. The summed E-state index contributed by atoms with van der Waals surface area (Å²) in [6, 6.07) is 13.0. The highest BCUT2D eigenvalue weighted by molar-refractivity contribution is 9.10. The highest BCUT2D eigenvalue weighted by atomic mass is 79.9. The van der Waals surface area contributed by atoms with E-state index in [-0.39, 0.29) is 4.90 Å². The summed E-state index contributed by atoms with van der Waals surface area (Å²) in [4.78, 5) is 2.43. The van der Waals surface area contributed by atoms with Crippen LogP contribution in [0.5, 0.6) is 0 Å². The number of hydrazine groups is 1. The minimum absolute atomic E-state index is 0.140. The third-order valence-corrected chi connectivity index (χ3v) is 4.34. The fourth-order valence-electron chi connectivity index (χ4n) is 1.33. The van der Waals surface area contributed by atoms with Gasteiger partial charge in [0.1, 0.15) is 0 Å². The van der Waals surface area contributed by atoms with Crippen LogP contribution >= 0.6 is 27.5 Å². The van der Waals surface area contributed by atoms with Gasteiger partial charge in [0, 0.05) is 15.2 Å². The Bertz CT molecular complexity index is 657. The summed E-state index contributed by atoms with van der Waals surface area (Å²) in [7, 11) is -3.62. The Hall–Kier alpha value is -1.08. The number of hydrogen-bond acceptors (Lipinski definition) is 3. The van der Waals surface area contributed by atoms with Gasteiger partial charge in [0.25, 0.3) is 10.0 Å². The normalized spacial score (nSPS) is 11.3. The summed E-state index contributed by atoms with van der Waals surface area (Å²) in [5.41, 5.74) is 3.27. The molecule has 7 heteroatoms. The smallest absolute Gasteiger partial charge is 0.257 e. The van der Waals surface area contributed by atoms with Crippen molar-refractivity contribution in [2.24, 2.45) is 0 Å². The zero-order valence-corrected chi connectivity index (χ0v) is 12.8. The second-order valence-electron chi connectivity index (χ2n) is 3.69. The van der Waals surface area contributed by atoms with Crippen LogP contribution in [0.25, 0.3) is 0 Å². The minimum Gasteiger partial charge on any atom is -0.308 e. The van der Waals surface area contributed by atoms with E-state index in [1.54, 1.807) is 24.3 Å². The fourth-order valence-corrected chi connectivity index (χ4v) is 2.59. The van der Waals surface area contributed by atoms with E-state index in [0.29, 0.717) is 10.7 Å². The van der Waals surface area contributed by atoms with Gasteiger partial charge >= 0.3 is 0 Å². The molecule has 0 amide bonds. The van der Waals surface area contributed by atoms with E-state index in [9.17, 15) is 8.42 Å². The maximum Gasteiger partial charge on any atom is 0.257 e. The van der Waals surface area contributed by atoms with Crippen molar-refractivity contribution >= 4 is 43.2 Å². The molecule has 100 valence electrons. The van der Waals surface area contributed by atoms with Gasteiger partial charge in [-0.05, 0) is 48.5 Å². The number of rotatable bonds is 4. The van der Waals surface area contributed by atoms with E-state index in [1.165, 1.54) is 24.3 Å². The predicted molar refractivity (Wildman–Crippen MR) is 79.5 cm³/mol. The van der Waals surface area contributed by atoms with Crippen molar-refractivity contribution in [2.45, 2.75) is 4.90 Å². The Morgan fingerprint density at radius 3 is 2.11 bits per heavy atom. The summed E-state index contributed by atoms with van der Waals surface area (Å²) >= 11 is 9.01. The quantitative estimate of drug-likeness (QED) is 0.821. The maximum atomic E-state index is 12.0. The lowest BCUT2D eigenvalue weighted by Crippen LogP contribution is -2.29. The van der Waals surface area contributed by atoms with Gasteiger partial charge in [-0.15, -0.1) is 4.83 Å². The lowest BCUT2D eigenvalue weighted by molar-refractivity contribution is 0.588. The van der Waals surface area contributed by atoms with Crippen LogP contribution in [-0.2, 0) is 10.0 Å². The number of anilines is 1. The molecule has 0 aliphatic carbocycles. The Morgan fingerprint density at radius 2 is 1.53 bits per heavy atom. The molecule has 0 fully saturated rings. The Balaban J connectivity index is 2.09. The molecule has 19 heavy (non-hydrogen) atoms. The number of halogens is 2. The molecule has 2 aromatic carbocycles. The minimum atomic E-state index is -3.62. The summed E-state index contributed by atoms with van der Waals surface area (Å²) in [5.74, 6) is 0. The van der Waals surface area contributed by atoms with Crippen molar-refractivity contribution in [1.82, 2.24) is 4.83 Å². The summed E-state index contributed by atoms with van der Waals surface area (Å²) in [6.07, 6.45) is 0. The van der Waals surface area contributed by atoms with E-state index in [0.717, 1.165) is 4.47 Å². The molecule has 0 bridgehead atoms. The van der Waals surface area contributed by atoms with Gasteiger partial charge in [-0.3, -0.25) is 0 Å². The van der Waals surface area contributed by atoms with Crippen LogP contribution < -0.4 is 10.3 Å². The van der Waals surface area contributed by atoms with Gasteiger partial charge < -0.3 is 5.43 Å². The zero-order valence-electron chi connectivity index (χ0n) is 9.60. The molecule has 0 saturated carbocycles. The SMILES string of the molecule is O=S(=O)(NNc1ccc(Br)cc1)c1ccc(Cl)cc1. The molecule has 2 aromatic rings. The molecule has 0 aliphatic heterocycles. The van der Waals surface area contributed by atoms with Crippen molar-refractivity contribution in [2.75, 3.05) is 5.43 Å². The van der Waals surface area contributed by atoms with E-state index in [2.05, 4.69) is 26.2 Å². The second-order valence-corrected chi connectivity index (χ2v) is 6.73. The predicted octanol–water partition coefficient (Wildman–Crippen LogP) is 3.41. The van der Waals surface area contributed by atoms with Crippen LogP contribution in [0, 0.1) is 0 Å². The Morgan fingerprint density at radius 1 is 0.947 bits per heavy atom. The largest absolute Gasteiger partial charge is 0.308 e. The molecule has 0 aliphatic rings.